The molecule has 0 N–H and O–H groups in total. The lowest BCUT2D eigenvalue weighted by molar-refractivity contribution is -0.287. The molecule has 0 heterocycles. The van der Waals surface area contributed by atoms with E-state index in [2.05, 4.69) is 0 Å². The first-order valence-electron chi connectivity index (χ1n) is 2.75. The maximum atomic E-state index is 12.5. The number of hydrogen-bond donors (Lipinski definition) is 0. The third-order valence-corrected chi connectivity index (χ3v) is 2.35. The maximum absolute atomic E-state index is 12.5. The summed E-state index contributed by atoms with van der Waals surface area (Å²) >= 11 is 1.01. The molecule has 0 saturated heterocycles. The van der Waals surface area contributed by atoms with Gasteiger partial charge in [-0.15, -0.1) is 0 Å². The van der Waals surface area contributed by atoms with Crippen LogP contribution < -0.4 is 0 Å². The van der Waals surface area contributed by atoms with Crippen molar-refractivity contribution in [3.05, 3.63) is 0 Å². The van der Waals surface area contributed by atoms with Crippen LogP contribution in [0.1, 0.15) is 6.92 Å². The molecule has 12 heavy (non-hydrogen) atoms. The summed E-state index contributed by atoms with van der Waals surface area (Å²) in [5, 5.41) is 0. The van der Waals surface area contributed by atoms with Crippen molar-refractivity contribution < 1.29 is 26.3 Å². The van der Waals surface area contributed by atoms with Crippen LogP contribution in [0.4, 0.5) is 26.3 Å². The quantitative estimate of drug-likeness (QED) is 0.417. The third kappa shape index (κ3) is 1.97. The van der Waals surface area contributed by atoms with Crippen molar-refractivity contribution in [3.8, 4) is 0 Å². The van der Waals surface area contributed by atoms with Crippen molar-refractivity contribution in [2.45, 2.75) is 24.7 Å². The van der Waals surface area contributed by atoms with Gasteiger partial charge in [0.25, 0.3) is 11.6 Å². The molecule has 0 aliphatic carbocycles. The van der Waals surface area contributed by atoms with Crippen LogP contribution in [0.25, 0.3) is 0 Å². The summed E-state index contributed by atoms with van der Waals surface area (Å²) in [5.74, 6) is -4.38. The zero-order valence-corrected chi connectivity index (χ0v) is 8.01. The number of hydrogen-bond acceptors (Lipinski definition) is 0. The molecule has 0 aliphatic heterocycles. The van der Waals surface area contributed by atoms with Crippen molar-refractivity contribution >= 4 is 22.6 Å². The lowest BCUT2D eigenvalue weighted by Gasteiger charge is -2.30. The Labute approximate surface area is 78.5 Å². The van der Waals surface area contributed by atoms with Gasteiger partial charge in [0.15, 0.2) is 0 Å². The molecular weight excluding hydrogens is 301 g/mol. The molecule has 1 atom stereocenters. The summed E-state index contributed by atoms with van der Waals surface area (Å²) in [6.45, 7) is -0.161. The Morgan fingerprint density at radius 2 is 1.33 bits per heavy atom. The molecule has 0 nitrogen and oxygen atoms in total. The Morgan fingerprint density at radius 1 is 1.00 bits per heavy atom. The molecule has 0 saturated carbocycles. The predicted octanol–water partition coefficient (Wildman–Crippen LogP) is 3.35. The van der Waals surface area contributed by atoms with Crippen molar-refractivity contribution in [3.63, 3.8) is 0 Å². The largest absolute Gasteiger partial charge is 0.428 e. The van der Waals surface area contributed by atoms with E-state index in [0.717, 1.165) is 22.6 Å². The van der Waals surface area contributed by atoms with Crippen LogP contribution in [-0.4, -0.2) is 22.2 Å². The van der Waals surface area contributed by atoms with E-state index in [4.69, 9.17) is 0 Å². The fourth-order valence-corrected chi connectivity index (χ4v) is 1.05. The second-order valence-electron chi connectivity index (χ2n) is 2.34. The first kappa shape index (κ1) is 12.3. The normalized spacial score (nSPS) is 19.0. The van der Waals surface area contributed by atoms with Gasteiger partial charge in [0.05, 0.1) is 4.43 Å². The molecule has 0 fully saturated rings. The van der Waals surface area contributed by atoms with Gasteiger partial charge in [-0.25, -0.2) is 13.2 Å². The van der Waals surface area contributed by atoms with E-state index >= 15 is 0 Å². The van der Waals surface area contributed by atoms with Crippen LogP contribution in [0.3, 0.4) is 0 Å². The van der Waals surface area contributed by atoms with E-state index in [1.165, 1.54) is 0 Å². The van der Waals surface area contributed by atoms with Crippen LogP contribution in [0, 0.1) is 0 Å². The minimum atomic E-state index is -5.54. The van der Waals surface area contributed by atoms with Gasteiger partial charge < -0.3 is 0 Å². The molecule has 0 aromatic carbocycles. The highest BCUT2D eigenvalue weighted by Gasteiger charge is 2.67. The van der Waals surface area contributed by atoms with Crippen LogP contribution in [-0.2, 0) is 0 Å². The summed E-state index contributed by atoms with van der Waals surface area (Å²) in [5.41, 5.74) is -4.46. The molecule has 0 radical (unpaired) electrons. The van der Waals surface area contributed by atoms with Crippen LogP contribution in [0.15, 0.2) is 0 Å². The second-order valence-corrected chi connectivity index (χ2v) is 3.10. The summed E-state index contributed by atoms with van der Waals surface area (Å²) < 4.78 is 70.9. The van der Waals surface area contributed by atoms with E-state index in [-0.39, 0.29) is 6.92 Å². The lowest BCUT2D eigenvalue weighted by atomic mass is 10.0. The Kier molecular flexibility index (Phi) is 3.31. The molecule has 0 bridgehead atoms. The van der Waals surface area contributed by atoms with E-state index in [0.29, 0.717) is 0 Å². The van der Waals surface area contributed by atoms with E-state index < -0.39 is 22.2 Å². The molecule has 0 aromatic heterocycles. The number of alkyl halides is 7. The fraction of sp³-hybridized carbons (Fsp3) is 1.00. The molecular formula is C5H5F6I. The van der Waals surface area contributed by atoms with Gasteiger partial charge in [-0.05, 0) is 6.92 Å². The maximum Gasteiger partial charge on any atom is 0.428 e. The highest BCUT2D eigenvalue weighted by Crippen LogP contribution is 2.45. The molecule has 0 rings (SSSR count). The SMILES string of the molecule is CC(F)(C(F)(F)F)C(F)(F)CI. The Balaban J connectivity index is 4.85. The summed E-state index contributed by atoms with van der Waals surface area (Å²) in [7, 11) is 0. The zero-order valence-electron chi connectivity index (χ0n) is 5.85. The first-order valence-corrected chi connectivity index (χ1v) is 4.28. The van der Waals surface area contributed by atoms with Crippen molar-refractivity contribution in [2.75, 3.05) is 4.43 Å². The van der Waals surface area contributed by atoms with Gasteiger partial charge in [0, 0.05) is 0 Å². The smallest absolute Gasteiger partial charge is 0.227 e. The highest BCUT2D eigenvalue weighted by atomic mass is 127. The molecule has 74 valence electrons. The summed E-state index contributed by atoms with van der Waals surface area (Å²) in [4.78, 5) is 0. The molecule has 0 aromatic rings. The van der Waals surface area contributed by atoms with Gasteiger partial charge in [0.2, 0.25) is 0 Å². The number of rotatable bonds is 2. The average Bonchev–Trinajstić information content (AvgIpc) is 1.85. The monoisotopic (exact) mass is 306 g/mol. The van der Waals surface area contributed by atoms with Gasteiger partial charge in [-0.3, -0.25) is 0 Å². The van der Waals surface area contributed by atoms with Gasteiger partial charge in [0.1, 0.15) is 0 Å². The molecule has 7 heteroatoms. The molecule has 1 unspecified atom stereocenters. The van der Waals surface area contributed by atoms with Crippen molar-refractivity contribution in [1.29, 1.82) is 0 Å². The minimum absolute atomic E-state index is 0.161. The first-order chi connectivity index (χ1) is 5.06. The van der Waals surface area contributed by atoms with E-state index in [9.17, 15) is 26.3 Å². The van der Waals surface area contributed by atoms with Crippen molar-refractivity contribution in [2.24, 2.45) is 0 Å². The van der Waals surface area contributed by atoms with Crippen LogP contribution in [0.5, 0.6) is 0 Å². The van der Waals surface area contributed by atoms with E-state index in [1.807, 2.05) is 0 Å². The Hall–Kier alpha value is 0.310. The van der Waals surface area contributed by atoms with E-state index in [1.54, 1.807) is 0 Å². The number of halogens is 7. The van der Waals surface area contributed by atoms with Gasteiger partial charge in [-0.2, -0.15) is 13.2 Å². The minimum Gasteiger partial charge on any atom is -0.227 e. The standard InChI is InChI=1S/C5H5F6I/c1-3(6,5(9,10)11)4(7,8)2-12/h2H2,1H3. The van der Waals surface area contributed by atoms with Crippen LogP contribution in [0.2, 0.25) is 0 Å². The summed E-state index contributed by atoms with van der Waals surface area (Å²) in [6.07, 6.45) is -5.54. The van der Waals surface area contributed by atoms with Crippen molar-refractivity contribution in [1.82, 2.24) is 0 Å². The van der Waals surface area contributed by atoms with Gasteiger partial charge in [-0.1, -0.05) is 22.6 Å². The highest BCUT2D eigenvalue weighted by molar-refractivity contribution is 14.1. The third-order valence-electron chi connectivity index (χ3n) is 1.39. The van der Waals surface area contributed by atoms with Gasteiger partial charge >= 0.3 is 6.18 Å². The molecule has 0 aliphatic rings. The lowest BCUT2D eigenvalue weighted by Crippen LogP contribution is -2.53. The average molecular weight is 306 g/mol. The zero-order chi connectivity index (χ0) is 10.2. The predicted molar refractivity (Wildman–Crippen MR) is 39.4 cm³/mol. The molecule has 0 spiro atoms. The second kappa shape index (κ2) is 3.22. The van der Waals surface area contributed by atoms with Crippen LogP contribution >= 0.6 is 22.6 Å². The summed E-state index contributed by atoms with van der Waals surface area (Å²) in [6, 6.07) is 0. The fourth-order valence-electron chi connectivity index (χ4n) is 0.333. The molecule has 0 amide bonds. The Morgan fingerprint density at radius 3 is 1.42 bits per heavy atom. The topological polar surface area (TPSA) is 0 Å². The Bertz CT molecular complexity index is 160.